The van der Waals surface area contributed by atoms with Crippen LogP contribution in [0.3, 0.4) is 0 Å². The lowest BCUT2D eigenvalue weighted by Gasteiger charge is -2.22. The lowest BCUT2D eigenvalue weighted by Crippen LogP contribution is -2.35. The van der Waals surface area contributed by atoms with Crippen molar-refractivity contribution in [2.75, 3.05) is 39.4 Å². The molecule has 1 aliphatic heterocycles. The second-order valence-corrected chi connectivity index (χ2v) is 7.77. The van der Waals surface area contributed by atoms with Crippen molar-refractivity contribution in [1.29, 1.82) is 0 Å². The molecular formula is C25H34N2O3. The fraction of sp³-hybridized carbons (Fsp3) is 0.480. The molecule has 1 heterocycles. The van der Waals surface area contributed by atoms with Crippen molar-refractivity contribution in [3.05, 3.63) is 59.7 Å². The fourth-order valence-corrected chi connectivity index (χ4v) is 3.65. The molecule has 1 amide bonds. The summed E-state index contributed by atoms with van der Waals surface area (Å²) in [6.07, 6.45) is 2.82. The van der Waals surface area contributed by atoms with Crippen molar-refractivity contribution in [3.8, 4) is 11.5 Å². The molecule has 0 radical (unpaired) electrons. The summed E-state index contributed by atoms with van der Waals surface area (Å²) < 4.78 is 11.7. The standard InChI is InChI=1S/C25H34N2O3/c1-3-17-29-23-12-11-22(19-24(23)30-18-4-2)25(28)27-14-8-13-26(15-16-27)20-21-9-6-5-7-10-21/h5-7,9-12,19H,3-4,8,13-18,20H2,1-2H3. The van der Waals surface area contributed by atoms with Gasteiger partial charge in [0.1, 0.15) is 0 Å². The van der Waals surface area contributed by atoms with Gasteiger partial charge in [-0.25, -0.2) is 0 Å². The highest BCUT2D eigenvalue weighted by Gasteiger charge is 2.21. The largest absolute Gasteiger partial charge is 0.490 e. The predicted octanol–water partition coefficient (Wildman–Crippen LogP) is 4.61. The first kappa shape index (κ1) is 22.2. The molecule has 1 saturated heterocycles. The Balaban J connectivity index is 1.64. The highest BCUT2D eigenvalue weighted by atomic mass is 16.5. The normalized spacial score (nSPS) is 14.9. The van der Waals surface area contributed by atoms with E-state index in [1.54, 1.807) is 0 Å². The van der Waals surface area contributed by atoms with Crippen molar-refractivity contribution in [2.24, 2.45) is 0 Å². The molecule has 0 bridgehead atoms. The van der Waals surface area contributed by atoms with Crippen LogP contribution in [0.2, 0.25) is 0 Å². The Bertz CT molecular complexity index is 794. The van der Waals surface area contributed by atoms with Crippen LogP contribution in [0.1, 0.15) is 49.0 Å². The number of ether oxygens (including phenoxy) is 2. The summed E-state index contributed by atoms with van der Waals surface area (Å²) in [4.78, 5) is 17.6. The molecule has 0 unspecified atom stereocenters. The number of rotatable bonds is 9. The van der Waals surface area contributed by atoms with E-state index >= 15 is 0 Å². The van der Waals surface area contributed by atoms with Gasteiger partial charge in [-0.05, 0) is 43.0 Å². The number of carbonyl (C=O) groups excluding carboxylic acids is 1. The van der Waals surface area contributed by atoms with E-state index in [0.29, 0.717) is 30.3 Å². The van der Waals surface area contributed by atoms with Gasteiger partial charge in [-0.3, -0.25) is 9.69 Å². The second-order valence-electron chi connectivity index (χ2n) is 7.77. The summed E-state index contributed by atoms with van der Waals surface area (Å²) in [6.45, 7) is 9.74. The maximum atomic E-state index is 13.2. The molecule has 2 aromatic rings. The molecule has 162 valence electrons. The molecule has 3 rings (SSSR count). The Morgan fingerprint density at radius 1 is 0.867 bits per heavy atom. The van der Waals surface area contributed by atoms with E-state index in [4.69, 9.17) is 9.47 Å². The Morgan fingerprint density at radius 2 is 1.60 bits per heavy atom. The number of hydrogen-bond donors (Lipinski definition) is 0. The van der Waals surface area contributed by atoms with Crippen LogP contribution in [0.4, 0.5) is 0 Å². The van der Waals surface area contributed by atoms with E-state index in [2.05, 4.69) is 43.0 Å². The van der Waals surface area contributed by atoms with Gasteiger partial charge in [0.15, 0.2) is 11.5 Å². The smallest absolute Gasteiger partial charge is 0.254 e. The zero-order valence-corrected chi connectivity index (χ0v) is 18.3. The van der Waals surface area contributed by atoms with Gasteiger partial charge >= 0.3 is 0 Å². The molecule has 0 aliphatic carbocycles. The molecule has 0 spiro atoms. The van der Waals surface area contributed by atoms with E-state index < -0.39 is 0 Å². The third-order valence-corrected chi connectivity index (χ3v) is 5.24. The van der Waals surface area contributed by atoms with Gasteiger partial charge in [0, 0.05) is 38.3 Å². The summed E-state index contributed by atoms with van der Waals surface area (Å²) in [5.74, 6) is 1.45. The minimum Gasteiger partial charge on any atom is -0.490 e. The Labute approximate surface area is 180 Å². The van der Waals surface area contributed by atoms with Gasteiger partial charge in [0.2, 0.25) is 0 Å². The minimum atomic E-state index is 0.0694. The monoisotopic (exact) mass is 410 g/mol. The highest BCUT2D eigenvalue weighted by Crippen LogP contribution is 2.29. The van der Waals surface area contributed by atoms with Crippen molar-refractivity contribution in [3.63, 3.8) is 0 Å². The molecule has 1 fully saturated rings. The van der Waals surface area contributed by atoms with Crippen molar-refractivity contribution in [1.82, 2.24) is 9.80 Å². The Morgan fingerprint density at radius 3 is 2.33 bits per heavy atom. The molecule has 0 atom stereocenters. The average molecular weight is 411 g/mol. The van der Waals surface area contributed by atoms with Crippen LogP contribution >= 0.6 is 0 Å². The van der Waals surface area contributed by atoms with E-state index in [1.807, 2.05) is 29.2 Å². The van der Waals surface area contributed by atoms with E-state index in [-0.39, 0.29) is 5.91 Å². The molecule has 0 aromatic heterocycles. The fourth-order valence-electron chi connectivity index (χ4n) is 3.65. The summed E-state index contributed by atoms with van der Waals surface area (Å²) in [5.41, 5.74) is 1.99. The van der Waals surface area contributed by atoms with Crippen molar-refractivity contribution in [2.45, 2.75) is 39.7 Å². The van der Waals surface area contributed by atoms with Crippen LogP contribution in [0.5, 0.6) is 11.5 Å². The quantitative estimate of drug-likeness (QED) is 0.605. The van der Waals surface area contributed by atoms with Crippen LogP contribution in [0, 0.1) is 0 Å². The first-order valence-corrected chi connectivity index (χ1v) is 11.2. The second kappa shape index (κ2) is 11.6. The number of hydrogen-bond acceptors (Lipinski definition) is 4. The summed E-state index contributed by atoms with van der Waals surface area (Å²) >= 11 is 0. The number of amides is 1. The summed E-state index contributed by atoms with van der Waals surface area (Å²) in [7, 11) is 0. The van der Waals surface area contributed by atoms with Gasteiger partial charge in [-0.15, -0.1) is 0 Å². The lowest BCUT2D eigenvalue weighted by molar-refractivity contribution is 0.0760. The van der Waals surface area contributed by atoms with Crippen molar-refractivity contribution < 1.29 is 14.3 Å². The molecule has 1 aliphatic rings. The van der Waals surface area contributed by atoms with Gasteiger partial charge in [0.25, 0.3) is 5.91 Å². The van der Waals surface area contributed by atoms with Gasteiger partial charge < -0.3 is 14.4 Å². The summed E-state index contributed by atoms with van der Waals surface area (Å²) in [5, 5.41) is 0. The molecule has 2 aromatic carbocycles. The lowest BCUT2D eigenvalue weighted by atomic mass is 10.1. The third-order valence-electron chi connectivity index (χ3n) is 5.24. The van der Waals surface area contributed by atoms with Crippen LogP contribution in [-0.4, -0.2) is 55.1 Å². The van der Waals surface area contributed by atoms with E-state index in [1.165, 1.54) is 5.56 Å². The van der Waals surface area contributed by atoms with Crippen molar-refractivity contribution >= 4 is 5.91 Å². The number of benzene rings is 2. The topological polar surface area (TPSA) is 42.0 Å². The molecular weight excluding hydrogens is 376 g/mol. The summed E-state index contributed by atoms with van der Waals surface area (Å²) in [6, 6.07) is 16.1. The van der Waals surface area contributed by atoms with Crippen LogP contribution < -0.4 is 9.47 Å². The molecule has 30 heavy (non-hydrogen) atoms. The van der Waals surface area contributed by atoms with Crippen LogP contribution in [0.25, 0.3) is 0 Å². The Kier molecular flexibility index (Phi) is 8.57. The maximum Gasteiger partial charge on any atom is 0.254 e. The molecule has 5 nitrogen and oxygen atoms in total. The average Bonchev–Trinajstić information content (AvgIpc) is 3.02. The molecule has 0 saturated carbocycles. The van der Waals surface area contributed by atoms with Crippen LogP contribution in [0.15, 0.2) is 48.5 Å². The first-order chi connectivity index (χ1) is 14.7. The zero-order valence-electron chi connectivity index (χ0n) is 18.3. The minimum absolute atomic E-state index is 0.0694. The zero-order chi connectivity index (χ0) is 21.2. The number of nitrogens with zero attached hydrogens (tertiary/aromatic N) is 2. The van der Waals surface area contributed by atoms with Gasteiger partial charge in [-0.1, -0.05) is 44.2 Å². The van der Waals surface area contributed by atoms with E-state index in [9.17, 15) is 4.79 Å². The SMILES string of the molecule is CCCOc1ccc(C(=O)N2CCCN(Cc3ccccc3)CC2)cc1OCCC. The van der Waals surface area contributed by atoms with Crippen LogP contribution in [-0.2, 0) is 6.54 Å². The highest BCUT2D eigenvalue weighted by molar-refractivity contribution is 5.95. The molecule has 5 heteroatoms. The first-order valence-electron chi connectivity index (χ1n) is 11.2. The molecule has 0 N–H and O–H groups in total. The van der Waals surface area contributed by atoms with E-state index in [0.717, 1.165) is 52.0 Å². The predicted molar refractivity (Wildman–Crippen MR) is 120 cm³/mol. The maximum absolute atomic E-state index is 13.2. The van der Waals surface area contributed by atoms with Gasteiger partial charge in [0.05, 0.1) is 13.2 Å². The Hall–Kier alpha value is -2.53. The number of carbonyl (C=O) groups is 1. The van der Waals surface area contributed by atoms with Gasteiger partial charge in [-0.2, -0.15) is 0 Å². The third kappa shape index (κ3) is 6.23.